The Balaban J connectivity index is 1.98. The summed E-state index contributed by atoms with van der Waals surface area (Å²) in [5.74, 6) is 0.608. The van der Waals surface area contributed by atoms with E-state index in [1.165, 1.54) is 0 Å². The van der Waals surface area contributed by atoms with Gasteiger partial charge in [-0.15, -0.1) is 0 Å². The summed E-state index contributed by atoms with van der Waals surface area (Å²) in [5, 5.41) is 2.68. The monoisotopic (exact) mass is 324 g/mol. The molecule has 6 heteroatoms. The van der Waals surface area contributed by atoms with Crippen molar-refractivity contribution >= 4 is 15.9 Å². The molecule has 122 valence electrons. The lowest BCUT2D eigenvalue weighted by Gasteiger charge is -2.23. The van der Waals surface area contributed by atoms with Gasteiger partial charge < -0.3 is 5.32 Å². The number of sulfonamides is 1. The van der Waals surface area contributed by atoms with Gasteiger partial charge in [0.05, 0.1) is 4.90 Å². The summed E-state index contributed by atoms with van der Waals surface area (Å²) >= 11 is 0. The van der Waals surface area contributed by atoms with E-state index in [2.05, 4.69) is 23.9 Å². The van der Waals surface area contributed by atoms with Crippen LogP contribution < -0.4 is 10.0 Å². The number of amides is 1. The number of carbonyl (C=O) groups is 1. The topological polar surface area (TPSA) is 75.3 Å². The van der Waals surface area contributed by atoms with Gasteiger partial charge in [0.15, 0.2) is 0 Å². The maximum absolute atomic E-state index is 12.3. The van der Waals surface area contributed by atoms with Crippen LogP contribution in [0, 0.1) is 5.92 Å². The second-order valence-electron chi connectivity index (χ2n) is 6.24. The molecular weight excluding hydrogens is 300 g/mol. The van der Waals surface area contributed by atoms with Gasteiger partial charge in [-0.1, -0.05) is 26.0 Å². The number of hydrogen-bond acceptors (Lipinski definition) is 3. The van der Waals surface area contributed by atoms with E-state index in [1.54, 1.807) is 12.1 Å². The summed E-state index contributed by atoms with van der Waals surface area (Å²) in [5.41, 5.74) is 1.15. The molecule has 1 aliphatic heterocycles. The van der Waals surface area contributed by atoms with E-state index in [0.29, 0.717) is 25.3 Å². The quantitative estimate of drug-likeness (QED) is 0.838. The predicted molar refractivity (Wildman–Crippen MR) is 86.0 cm³/mol. The highest BCUT2D eigenvalue weighted by atomic mass is 32.2. The maximum atomic E-state index is 12.3. The van der Waals surface area contributed by atoms with Crippen molar-refractivity contribution in [3.63, 3.8) is 0 Å². The van der Waals surface area contributed by atoms with Gasteiger partial charge in [-0.3, -0.25) is 4.79 Å². The Morgan fingerprint density at radius 3 is 2.50 bits per heavy atom. The molecule has 0 saturated carbocycles. The molecule has 1 unspecified atom stereocenters. The van der Waals surface area contributed by atoms with E-state index in [-0.39, 0.29) is 16.8 Å². The number of piperidine rings is 1. The van der Waals surface area contributed by atoms with Crippen molar-refractivity contribution < 1.29 is 13.2 Å². The van der Waals surface area contributed by atoms with Crippen LogP contribution in [0.5, 0.6) is 0 Å². The van der Waals surface area contributed by atoms with Crippen LogP contribution in [0.15, 0.2) is 29.2 Å². The average Bonchev–Trinajstić information content (AvgIpc) is 2.48. The van der Waals surface area contributed by atoms with Crippen molar-refractivity contribution in [2.45, 2.75) is 50.5 Å². The Morgan fingerprint density at radius 2 is 1.95 bits per heavy atom. The molecule has 1 saturated heterocycles. The van der Waals surface area contributed by atoms with Crippen LogP contribution in [-0.4, -0.2) is 26.9 Å². The number of nitrogens with one attached hydrogen (secondary N) is 2. The standard InChI is InChI=1S/C16H24N2O3S/c1-12(2)3-4-13-5-8-15(9-6-13)22(20,21)18-14-7-10-16(19)17-11-14/h5-6,8-9,12,14,18H,3-4,7,10-11H2,1-2H3,(H,17,19). The summed E-state index contributed by atoms with van der Waals surface area (Å²) in [6, 6.07) is 6.82. The molecule has 1 heterocycles. The van der Waals surface area contributed by atoms with Crippen molar-refractivity contribution in [1.29, 1.82) is 0 Å². The van der Waals surface area contributed by atoms with Crippen LogP contribution in [-0.2, 0) is 21.2 Å². The van der Waals surface area contributed by atoms with Gasteiger partial charge in [0, 0.05) is 19.0 Å². The number of aryl methyl sites for hydroxylation is 1. The zero-order chi connectivity index (χ0) is 16.2. The van der Waals surface area contributed by atoms with Gasteiger partial charge >= 0.3 is 0 Å². The molecule has 5 nitrogen and oxygen atoms in total. The summed E-state index contributed by atoms with van der Waals surface area (Å²) in [6.07, 6.45) is 2.95. The van der Waals surface area contributed by atoms with Crippen LogP contribution in [0.25, 0.3) is 0 Å². The molecule has 0 aliphatic carbocycles. The second-order valence-corrected chi connectivity index (χ2v) is 7.95. The van der Waals surface area contributed by atoms with Gasteiger partial charge in [-0.2, -0.15) is 0 Å². The third kappa shape index (κ3) is 4.81. The lowest BCUT2D eigenvalue weighted by molar-refractivity contribution is -0.122. The van der Waals surface area contributed by atoms with E-state index in [0.717, 1.165) is 18.4 Å². The minimum absolute atomic E-state index is 0.0232. The van der Waals surface area contributed by atoms with Gasteiger partial charge in [0.2, 0.25) is 15.9 Å². The highest BCUT2D eigenvalue weighted by Gasteiger charge is 2.24. The van der Waals surface area contributed by atoms with E-state index in [1.807, 2.05) is 12.1 Å². The van der Waals surface area contributed by atoms with Crippen molar-refractivity contribution in [2.24, 2.45) is 5.92 Å². The minimum Gasteiger partial charge on any atom is -0.355 e. The van der Waals surface area contributed by atoms with Gasteiger partial charge in [0.1, 0.15) is 0 Å². The first-order valence-corrected chi connectivity index (χ1v) is 9.23. The Kier molecular flexibility index (Phi) is 5.58. The Hall–Kier alpha value is -1.40. The van der Waals surface area contributed by atoms with Crippen molar-refractivity contribution in [3.8, 4) is 0 Å². The highest BCUT2D eigenvalue weighted by Crippen LogP contribution is 2.15. The molecule has 22 heavy (non-hydrogen) atoms. The summed E-state index contributed by atoms with van der Waals surface area (Å²) < 4.78 is 27.3. The molecule has 0 radical (unpaired) electrons. The maximum Gasteiger partial charge on any atom is 0.240 e. The number of carbonyl (C=O) groups excluding carboxylic acids is 1. The third-order valence-corrected chi connectivity index (χ3v) is 5.37. The normalized spacial score (nSPS) is 19.2. The van der Waals surface area contributed by atoms with Crippen LogP contribution in [0.3, 0.4) is 0 Å². The molecule has 1 atom stereocenters. The molecule has 2 N–H and O–H groups in total. The first-order chi connectivity index (χ1) is 10.4. The molecule has 1 aromatic carbocycles. The van der Waals surface area contributed by atoms with Gasteiger partial charge in [0.25, 0.3) is 0 Å². The van der Waals surface area contributed by atoms with Crippen molar-refractivity contribution in [2.75, 3.05) is 6.54 Å². The smallest absolute Gasteiger partial charge is 0.240 e. The van der Waals surface area contributed by atoms with E-state index < -0.39 is 10.0 Å². The Morgan fingerprint density at radius 1 is 1.27 bits per heavy atom. The fraction of sp³-hybridized carbons (Fsp3) is 0.562. The first kappa shape index (κ1) is 17.0. The van der Waals surface area contributed by atoms with Crippen LogP contribution in [0.1, 0.15) is 38.7 Å². The minimum atomic E-state index is -3.53. The molecule has 0 aromatic heterocycles. The second kappa shape index (κ2) is 7.24. The molecule has 1 fully saturated rings. The predicted octanol–water partition coefficient (Wildman–Crippen LogP) is 1.83. The molecule has 1 aliphatic rings. The van der Waals surface area contributed by atoms with Crippen LogP contribution in [0.2, 0.25) is 0 Å². The fourth-order valence-electron chi connectivity index (χ4n) is 2.41. The molecule has 2 rings (SSSR count). The summed E-state index contributed by atoms with van der Waals surface area (Å²) in [6.45, 7) is 4.70. The van der Waals surface area contributed by atoms with Crippen LogP contribution in [0.4, 0.5) is 0 Å². The summed E-state index contributed by atoms with van der Waals surface area (Å²) in [4.78, 5) is 11.4. The molecule has 1 amide bonds. The van der Waals surface area contributed by atoms with Crippen LogP contribution >= 0.6 is 0 Å². The van der Waals surface area contributed by atoms with E-state index >= 15 is 0 Å². The molecule has 0 bridgehead atoms. The van der Waals surface area contributed by atoms with Crippen molar-refractivity contribution in [3.05, 3.63) is 29.8 Å². The lowest BCUT2D eigenvalue weighted by atomic mass is 10.0. The Bertz CT molecular complexity index is 599. The van der Waals surface area contributed by atoms with Gasteiger partial charge in [-0.25, -0.2) is 13.1 Å². The number of rotatable bonds is 6. The SMILES string of the molecule is CC(C)CCc1ccc(S(=O)(=O)NC2CCC(=O)NC2)cc1. The molecule has 1 aromatic rings. The average molecular weight is 324 g/mol. The first-order valence-electron chi connectivity index (χ1n) is 7.75. The zero-order valence-corrected chi connectivity index (χ0v) is 13.9. The van der Waals surface area contributed by atoms with E-state index in [9.17, 15) is 13.2 Å². The lowest BCUT2D eigenvalue weighted by Crippen LogP contribution is -2.47. The van der Waals surface area contributed by atoms with Gasteiger partial charge in [-0.05, 0) is 42.9 Å². The largest absolute Gasteiger partial charge is 0.355 e. The summed E-state index contributed by atoms with van der Waals surface area (Å²) in [7, 11) is -3.53. The van der Waals surface area contributed by atoms with E-state index in [4.69, 9.17) is 0 Å². The highest BCUT2D eigenvalue weighted by molar-refractivity contribution is 7.89. The third-order valence-electron chi connectivity index (χ3n) is 3.83. The number of hydrogen-bond donors (Lipinski definition) is 2. The zero-order valence-electron chi connectivity index (χ0n) is 13.1. The fourth-order valence-corrected chi connectivity index (χ4v) is 3.68. The molecule has 0 spiro atoms. The van der Waals surface area contributed by atoms with Crippen molar-refractivity contribution in [1.82, 2.24) is 10.0 Å². The molecular formula is C16H24N2O3S. The Labute approximate surface area is 132 Å². The number of benzene rings is 1.